The number of fused-ring (bicyclic) bond motifs is 1. The highest BCUT2D eigenvalue weighted by Gasteiger charge is 2.35. The number of halogens is 3. The van der Waals surface area contributed by atoms with Crippen molar-refractivity contribution in [3.63, 3.8) is 0 Å². The number of thiophene rings is 1. The number of benzene rings is 1. The average Bonchev–Trinajstić information content (AvgIpc) is 3.59. The highest BCUT2D eigenvalue weighted by atomic mass is 32.2. The molecule has 0 saturated carbocycles. The van der Waals surface area contributed by atoms with Crippen molar-refractivity contribution >= 4 is 44.9 Å². The number of carbonyl (C=O) groups excluding carboxylic acids is 1. The van der Waals surface area contributed by atoms with Crippen LogP contribution in [0.1, 0.15) is 52.5 Å². The fraction of sp³-hybridized carbons (Fsp3) is 0.542. The van der Waals surface area contributed by atoms with Crippen LogP contribution >= 0.6 is 23.1 Å². The Labute approximate surface area is 221 Å². The van der Waals surface area contributed by atoms with Gasteiger partial charge in [0, 0.05) is 42.0 Å². The maximum absolute atomic E-state index is 13.5. The van der Waals surface area contributed by atoms with E-state index in [0.29, 0.717) is 16.3 Å². The van der Waals surface area contributed by atoms with E-state index in [2.05, 4.69) is 44.8 Å². The molecule has 1 aromatic carbocycles. The second-order valence-corrected chi connectivity index (χ2v) is 11.0. The number of nitrogens with one attached hydrogen (secondary N) is 3. The Kier molecular flexibility index (Phi) is 8.54. The molecule has 13 heteroatoms. The smallest absolute Gasteiger partial charge is 0.381 e. The summed E-state index contributed by atoms with van der Waals surface area (Å²) in [5, 5.41) is 13.3. The van der Waals surface area contributed by atoms with Gasteiger partial charge in [-0.1, -0.05) is 31.1 Å². The van der Waals surface area contributed by atoms with Gasteiger partial charge in [0.2, 0.25) is 5.82 Å². The van der Waals surface area contributed by atoms with Gasteiger partial charge in [-0.3, -0.25) is 0 Å². The number of hydrogen-bond acceptors (Lipinski definition) is 8. The topological polar surface area (TPSA) is 95.3 Å². The number of amides is 2. The molecule has 0 spiro atoms. The molecule has 2 aromatic heterocycles. The van der Waals surface area contributed by atoms with E-state index >= 15 is 0 Å². The molecule has 2 aliphatic rings. The third kappa shape index (κ3) is 6.32. The Morgan fingerprint density at radius 2 is 1.97 bits per heavy atom. The van der Waals surface area contributed by atoms with Gasteiger partial charge >= 0.3 is 11.5 Å². The minimum atomic E-state index is -4.48. The lowest BCUT2D eigenvalue weighted by atomic mass is 10.0. The molecule has 202 valence electrons. The number of rotatable bonds is 6. The molecule has 4 heterocycles. The van der Waals surface area contributed by atoms with Gasteiger partial charge in [-0.15, -0.1) is 11.3 Å². The van der Waals surface area contributed by atoms with Crippen molar-refractivity contribution in [2.75, 3.05) is 25.0 Å². The van der Waals surface area contributed by atoms with Gasteiger partial charge in [0.15, 0.2) is 0 Å². The van der Waals surface area contributed by atoms with E-state index in [-0.39, 0.29) is 47.0 Å². The molecule has 2 aliphatic heterocycles. The van der Waals surface area contributed by atoms with Crippen LogP contribution in [0.15, 0.2) is 27.6 Å². The van der Waals surface area contributed by atoms with Gasteiger partial charge in [0.05, 0.1) is 15.3 Å². The van der Waals surface area contributed by atoms with Crippen molar-refractivity contribution in [1.29, 1.82) is 0 Å². The van der Waals surface area contributed by atoms with Crippen LogP contribution in [0.25, 0.3) is 20.8 Å². The molecule has 2 amide bonds. The third-order valence-electron chi connectivity index (χ3n) is 6.22. The molecule has 8 nitrogen and oxygen atoms in total. The highest BCUT2D eigenvalue weighted by molar-refractivity contribution is 8.00. The van der Waals surface area contributed by atoms with E-state index in [1.807, 2.05) is 19.9 Å². The summed E-state index contributed by atoms with van der Waals surface area (Å²) in [5.41, 5.74) is -3.67. The maximum Gasteiger partial charge on any atom is 0.446 e. The van der Waals surface area contributed by atoms with Gasteiger partial charge in [0.25, 0.3) is 5.89 Å². The summed E-state index contributed by atoms with van der Waals surface area (Å²) in [5.74, 6) is 0.222. The minimum absolute atomic E-state index is 0.0525. The predicted octanol–water partition coefficient (Wildman–Crippen LogP) is 6.23. The van der Waals surface area contributed by atoms with Crippen molar-refractivity contribution in [3.8, 4) is 10.7 Å². The van der Waals surface area contributed by atoms with E-state index in [1.54, 1.807) is 12.1 Å². The van der Waals surface area contributed by atoms with Crippen LogP contribution in [0.5, 0.6) is 0 Å². The zero-order valence-electron chi connectivity index (χ0n) is 21.1. The number of carbonyl (C=O) groups is 1. The number of urea groups is 1. The lowest BCUT2D eigenvalue weighted by Crippen LogP contribution is -2.42. The zero-order chi connectivity index (χ0) is 26.7. The Bertz CT molecular complexity index is 1220. The van der Waals surface area contributed by atoms with E-state index in [0.717, 1.165) is 36.3 Å². The first-order chi connectivity index (χ1) is 17.7. The number of piperidine rings is 1. The van der Waals surface area contributed by atoms with Gasteiger partial charge < -0.3 is 25.4 Å². The SMILES string of the molecule is CC.CC(C)N1CCC(Nc2cccc3c(SC(F)(F)F)c(-c4noc(C5CNC(=O)N5)n4)sc23)CC1. The molecule has 0 radical (unpaired) electrons. The Balaban J connectivity index is 0.00000156. The quantitative estimate of drug-likeness (QED) is 0.310. The molecule has 3 aromatic rings. The Morgan fingerprint density at radius 1 is 1.24 bits per heavy atom. The molecule has 5 rings (SSSR count). The fourth-order valence-corrected chi connectivity index (χ4v) is 6.54. The lowest BCUT2D eigenvalue weighted by molar-refractivity contribution is -0.0327. The van der Waals surface area contributed by atoms with Gasteiger partial charge in [-0.2, -0.15) is 18.2 Å². The molecule has 1 unspecified atom stereocenters. The van der Waals surface area contributed by atoms with Crippen LogP contribution in [0.4, 0.5) is 23.7 Å². The number of alkyl halides is 3. The second-order valence-electron chi connectivity index (χ2n) is 8.90. The van der Waals surface area contributed by atoms with Crippen LogP contribution in [0.3, 0.4) is 0 Å². The van der Waals surface area contributed by atoms with Crippen LogP contribution in [0.2, 0.25) is 0 Å². The number of hydrogen-bond donors (Lipinski definition) is 3. The van der Waals surface area contributed by atoms with Crippen molar-refractivity contribution in [2.24, 2.45) is 0 Å². The van der Waals surface area contributed by atoms with E-state index < -0.39 is 11.6 Å². The highest BCUT2D eigenvalue weighted by Crippen LogP contribution is 2.50. The molecule has 1 atom stereocenters. The summed E-state index contributed by atoms with van der Waals surface area (Å²) in [6.07, 6.45) is 1.93. The molecule has 2 saturated heterocycles. The molecule has 0 bridgehead atoms. The number of anilines is 1. The molecular weight excluding hydrogens is 525 g/mol. The second kappa shape index (κ2) is 11.5. The first-order valence-corrected chi connectivity index (χ1v) is 14.0. The summed E-state index contributed by atoms with van der Waals surface area (Å²) < 4.78 is 46.6. The number of likely N-dealkylation sites (tertiary alicyclic amines) is 1. The van der Waals surface area contributed by atoms with Crippen LogP contribution in [-0.2, 0) is 0 Å². The van der Waals surface area contributed by atoms with Crippen molar-refractivity contribution < 1.29 is 22.5 Å². The molecular formula is C24H31F3N6O2S2. The number of nitrogens with zero attached hydrogens (tertiary/aromatic N) is 3. The zero-order valence-corrected chi connectivity index (χ0v) is 22.7. The van der Waals surface area contributed by atoms with Crippen molar-refractivity contribution in [1.82, 2.24) is 25.7 Å². The normalized spacial score (nSPS) is 19.0. The Morgan fingerprint density at radius 3 is 2.59 bits per heavy atom. The number of aromatic nitrogens is 2. The summed E-state index contributed by atoms with van der Waals surface area (Å²) in [7, 11) is 0. The summed E-state index contributed by atoms with van der Waals surface area (Å²) in [6, 6.07) is 5.22. The predicted molar refractivity (Wildman–Crippen MR) is 141 cm³/mol. The summed E-state index contributed by atoms with van der Waals surface area (Å²) in [6.45, 7) is 10.6. The molecule has 3 N–H and O–H groups in total. The average molecular weight is 557 g/mol. The summed E-state index contributed by atoms with van der Waals surface area (Å²) >= 11 is 1.04. The lowest BCUT2D eigenvalue weighted by Gasteiger charge is -2.35. The first-order valence-electron chi connectivity index (χ1n) is 12.4. The van der Waals surface area contributed by atoms with E-state index in [4.69, 9.17) is 4.52 Å². The molecule has 2 fully saturated rings. The largest absolute Gasteiger partial charge is 0.446 e. The van der Waals surface area contributed by atoms with Gasteiger partial charge in [-0.25, -0.2) is 4.79 Å². The minimum Gasteiger partial charge on any atom is -0.381 e. The molecule has 37 heavy (non-hydrogen) atoms. The third-order valence-corrected chi connectivity index (χ3v) is 8.45. The fourth-order valence-electron chi connectivity index (χ4n) is 4.43. The van der Waals surface area contributed by atoms with Crippen molar-refractivity contribution in [3.05, 3.63) is 24.1 Å². The first kappa shape index (κ1) is 27.5. The summed E-state index contributed by atoms with van der Waals surface area (Å²) in [4.78, 5) is 18.5. The van der Waals surface area contributed by atoms with Crippen LogP contribution in [0, 0.1) is 0 Å². The van der Waals surface area contributed by atoms with E-state index in [1.165, 1.54) is 11.3 Å². The van der Waals surface area contributed by atoms with Crippen LogP contribution in [-0.4, -0.2) is 58.3 Å². The number of thioether (sulfide) groups is 1. The standard InChI is InChI=1S/C22H25F3N6O2S2.C2H6/c1-11(2)31-8-6-12(7-9-31)27-14-5-3-4-13-16(14)34-18(17(13)35-22(23,24)25)19-29-20(33-30-19)15-10-26-21(32)28-15;1-2/h3-5,11-12,15,27H,6-10H2,1-2H3,(H2,26,28,32);1-2H3. The van der Waals surface area contributed by atoms with Gasteiger partial charge in [-0.05, 0) is 44.5 Å². The Hall–Kier alpha value is -2.51. The molecule has 0 aliphatic carbocycles. The van der Waals surface area contributed by atoms with Gasteiger partial charge in [0.1, 0.15) is 6.04 Å². The van der Waals surface area contributed by atoms with E-state index in [9.17, 15) is 18.0 Å². The van der Waals surface area contributed by atoms with Crippen LogP contribution < -0.4 is 16.0 Å². The van der Waals surface area contributed by atoms with Crippen molar-refractivity contribution in [2.45, 2.75) is 69.1 Å². The maximum atomic E-state index is 13.5. The monoisotopic (exact) mass is 556 g/mol.